The Morgan fingerprint density at radius 1 is 1.31 bits per heavy atom. The number of aromatic nitrogens is 2. The maximum atomic E-state index is 12.9. The molecule has 1 N–H and O–H groups in total. The van der Waals surface area contributed by atoms with Gasteiger partial charge >= 0.3 is 6.18 Å². The van der Waals surface area contributed by atoms with Crippen LogP contribution in [0.1, 0.15) is 23.0 Å². The summed E-state index contributed by atoms with van der Waals surface area (Å²) >= 11 is 9.18. The average Bonchev–Trinajstić information content (AvgIpc) is 3.34. The summed E-state index contributed by atoms with van der Waals surface area (Å²) < 4.78 is 72.0. The second-order valence-corrected chi connectivity index (χ2v) is 10.0. The number of rotatable bonds is 5. The Morgan fingerprint density at radius 3 is 2.52 bits per heavy atom. The second kappa shape index (κ2) is 7.85. The van der Waals surface area contributed by atoms with Crippen molar-refractivity contribution >= 4 is 63.7 Å². The van der Waals surface area contributed by atoms with Gasteiger partial charge in [-0.05, 0) is 66.3 Å². The van der Waals surface area contributed by atoms with E-state index in [1.165, 1.54) is 29.9 Å². The molecule has 1 amide bonds. The molecule has 1 aromatic heterocycles. The molecular formula is C15H11Br3F3N3O4S. The van der Waals surface area contributed by atoms with Gasteiger partial charge in [-0.1, -0.05) is 0 Å². The van der Waals surface area contributed by atoms with Crippen LogP contribution in [0.5, 0.6) is 5.75 Å². The molecule has 29 heavy (non-hydrogen) atoms. The van der Waals surface area contributed by atoms with Crippen molar-refractivity contribution in [1.29, 1.82) is 0 Å². The van der Waals surface area contributed by atoms with Crippen molar-refractivity contribution in [1.82, 2.24) is 14.3 Å². The number of carbonyl (C=O) groups is 1. The molecule has 0 bridgehead atoms. The number of nitrogens with zero attached hydrogens (tertiary/aromatic N) is 2. The van der Waals surface area contributed by atoms with Gasteiger partial charge in [0.05, 0.1) is 13.0 Å². The van der Waals surface area contributed by atoms with E-state index in [0.29, 0.717) is 0 Å². The standard InChI is InChI=1S/C15H11Br3F3N3O4S/c1-28-6-2-3-8(16)10(4-6)29(26,27)23-13(25)11-12(17)24(14(18)22-11)9-5-7(9)15(19,20)21/h2-4,7,9H,5H2,1H3,(H,23,25)/t7-,9-/m0/s1. The minimum Gasteiger partial charge on any atom is -0.497 e. The van der Waals surface area contributed by atoms with Gasteiger partial charge in [-0.15, -0.1) is 0 Å². The van der Waals surface area contributed by atoms with Crippen LogP contribution in [-0.2, 0) is 10.0 Å². The van der Waals surface area contributed by atoms with Crippen molar-refractivity contribution in [3.8, 4) is 5.75 Å². The topological polar surface area (TPSA) is 90.3 Å². The Bertz CT molecular complexity index is 1090. The number of nitrogens with one attached hydrogen (secondary N) is 1. The molecule has 0 radical (unpaired) electrons. The van der Waals surface area contributed by atoms with E-state index in [-0.39, 0.29) is 36.6 Å². The summed E-state index contributed by atoms with van der Waals surface area (Å²) in [6, 6.07) is 3.23. The van der Waals surface area contributed by atoms with Gasteiger partial charge in [0.25, 0.3) is 15.9 Å². The third-order valence-electron chi connectivity index (χ3n) is 4.19. The normalized spacial score (nSPS) is 19.1. The van der Waals surface area contributed by atoms with Gasteiger partial charge in [0, 0.05) is 16.6 Å². The smallest absolute Gasteiger partial charge is 0.393 e. The van der Waals surface area contributed by atoms with Gasteiger partial charge in [0.1, 0.15) is 15.2 Å². The number of carbonyl (C=O) groups excluding carboxylic acids is 1. The Hall–Kier alpha value is -1.12. The number of alkyl halides is 3. The number of amides is 1. The van der Waals surface area contributed by atoms with Gasteiger partial charge in [-0.25, -0.2) is 18.1 Å². The lowest BCUT2D eigenvalue weighted by Gasteiger charge is -2.10. The molecule has 2 aromatic rings. The van der Waals surface area contributed by atoms with Crippen LogP contribution in [0.4, 0.5) is 13.2 Å². The number of ether oxygens (including phenoxy) is 1. The molecular weight excluding hydrogens is 615 g/mol. The maximum Gasteiger partial charge on any atom is 0.393 e. The van der Waals surface area contributed by atoms with Crippen molar-refractivity contribution in [2.24, 2.45) is 5.92 Å². The van der Waals surface area contributed by atoms with Gasteiger partial charge in [-0.2, -0.15) is 13.2 Å². The van der Waals surface area contributed by atoms with Crippen LogP contribution in [0.2, 0.25) is 0 Å². The summed E-state index contributed by atoms with van der Waals surface area (Å²) in [5.41, 5.74) is -0.368. The number of benzene rings is 1. The number of halogens is 6. The van der Waals surface area contributed by atoms with E-state index in [1.807, 2.05) is 4.72 Å². The average molecular weight is 626 g/mol. The molecule has 0 saturated heterocycles. The van der Waals surface area contributed by atoms with E-state index >= 15 is 0 Å². The summed E-state index contributed by atoms with van der Waals surface area (Å²) in [6.45, 7) is 0. The first-order valence-corrected chi connectivity index (χ1v) is 11.6. The zero-order valence-corrected chi connectivity index (χ0v) is 19.9. The van der Waals surface area contributed by atoms with Gasteiger partial charge in [0.2, 0.25) is 0 Å². The molecule has 2 atom stereocenters. The van der Waals surface area contributed by atoms with Crippen molar-refractivity contribution in [3.05, 3.63) is 37.7 Å². The number of hydrogen-bond donors (Lipinski definition) is 1. The Morgan fingerprint density at radius 2 is 1.97 bits per heavy atom. The number of imidazole rings is 1. The van der Waals surface area contributed by atoms with Crippen molar-refractivity contribution in [3.63, 3.8) is 0 Å². The van der Waals surface area contributed by atoms with Crippen molar-refractivity contribution in [2.45, 2.75) is 23.5 Å². The van der Waals surface area contributed by atoms with Crippen LogP contribution in [0.15, 0.2) is 36.9 Å². The molecule has 0 spiro atoms. The lowest BCUT2D eigenvalue weighted by molar-refractivity contribution is -0.150. The largest absolute Gasteiger partial charge is 0.497 e. The highest BCUT2D eigenvalue weighted by Gasteiger charge is 2.57. The molecule has 7 nitrogen and oxygen atoms in total. The molecule has 0 aliphatic heterocycles. The molecule has 158 valence electrons. The molecule has 0 unspecified atom stereocenters. The van der Waals surface area contributed by atoms with E-state index in [1.54, 1.807) is 0 Å². The van der Waals surface area contributed by atoms with E-state index in [2.05, 4.69) is 52.8 Å². The second-order valence-electron chi connectivity index (χ2n) is 6.07. The number of methoxy groups -OCH3 is 1. The molecule has 1 heterocycles. The molecule has 14 heteroatoms. The predicted molar refractivity (Wildman–Crippen MR) is 106 cm³/mol. The highest BCUT2D eigenvalue weighted by molar-refractivity contribution is 9.11. The first kappa shape index (κ1) is 22.6. The summed E-state index contributed by atoms with van der Waals surface area (Å²) in [6.07, 6.45) is -4.54. The van der Waals surface area contributed by atoms with Gasteiger partial charge < -0.3 is 9.30 Å². The molecule has 1 aromatic carbocycles. The minimum absolute atomic E-state index is 0.0220. The van der Waals surface area contributed by atoms with E-state index in [4.69, 9.17) is 4.74 Å². The van der Waals surface area contributed by atoms with Gasteiger partial charge in [-0.3, -0.25) is 4.79 Å². The van der Waals surface area contributed by atoms with E-state index in [9.17, 15) is 26.4 Å². The number of sulfonamides is 1. The lowest BCUT2D eigenvalue weighted by atomic mass is 10.3. The highest BCUT2D eigenvalue weighted by Crippen LogP contribution is 2.55. The molecule has 1 aliphatic rings. The molecule has 1 fully saturated rings. The third kappa shape index (κ3) is 4.49. The summed E-state index contributed by atoms with van der Waals surface area (Å²) in [7, 11) is -2.97. The van der Waals surface area contributed by atoms with Crippen molar-refractivity contribution < 1.29 is 31.1 Å². The first-order chi connectivity index (χ1) is 13.4. The maximum absolute atomic E-state index is 12.9. The Labute approximate surface area is 188 Å². The first-order valence-electron chi connectivity index (χ1n) is 7.77. The SMILES string of the molecule is COc1ccc(Br)c(S(=O)(=O)NC(=O)c2nc(Br)n([C@H]3C[C@@H]3C(F)(F)F)c2Br)c1. The van der Waals surface area contributed by atoms with Crippen LogP contribution in [0.25, 0.3) is 0 Å². The van der Waals surface area contributed by atoms with Crippen LogP contribution >= 0.6 is 47.8 Å². The fraction of sp³-hybridized carbons (Fsp3) is 0.333. The zero-order valence-electron chi connectivity index (χ0n) is 14.3. The molecule has 1 saturated carbocycles. The van der Waals surface area contributed by atoms with Gasteiger partial charge in [0.15, 0.2) is 10.4 Å². The molecule has 1 aliphatic carbocycles. The minimum atomic E-state index is -4.38. The fourth-order valence-corrected chi connectivity index (χ4v) is 6.16. The lowest BCUT2D eigenvalue weighted by Crippen LogP contribution is -2.31. The van der Waals surface area contributed by atoms with Crippen molar-refractivity contribution in [2.75, 3.05) is 7.11 Å². The number of hydrogen-bond acceptors (Lipinski definition) is 5. The van der Waals surface area contributed by atoms with Crippen LogP contribution in [0.3, 0.4) is 0 Å². The Balaban J connectivity index is 1.88. The van der Waals surface area contributed by atoms with Crippen LogP contribution in [-0.4, -0.2) is 37.2 Å². The van der Waals surface area contributed by atoms with E-state index < -0.39 is 34.1 Å². The van der Waals surface area contributed by atoms with Crippen LogP contribution in [0, 0.1) is 5.92 Å². The van der Waals surface area contributed by atoms with E-state index in [0.717, 1.165) is 0 Å². The van der Waals surface area contributed by atoms with Crippen LogP contribution < -0.4 is 9.46 Å². The fourth-order valence-electron chi connectivity index (χ4n) is 2.67. The summed E-state index contributed by atoms with van der Waals surface area (Å²) in [4.78, 5) is 16.1. The zero-order chi connectivity index (χ0) is 21.7. The Kier molecular flexibility index (Phi) is 6.11. The molecule has 3 rings (SSSR count). The summed E-state index contributed by atoms with van der Waals surface area (Å²) in [5, 5.41) is 0. The highest BCUT2D eigenvalue weighted by atomic mass is 79.9. The predicted octanol–water partition coefficient (Wildman–Crippen LogP) is 4.42. The monoisotopic (exact) mass is 623 g/mol. The summed E-state index contributed by atoms with van der Waals surface area (Å²) in [5.74, 6) is -2.41. The quantitative estimate of drug-likeness (QED) is 0.532. The third-order valence-corrected chi connectivity index (χ3v) is 7.83.